The zero-order valence-corrected chi connectivity index (χ0v) is 10.6. The Hall–Kier alpha value is -1.08. The summed E-state index contributed by atoms with van der Waals surface area (Å²) in [5.41, 5.74) is -0.0518. The first kappa shape index (κ1) is 16.0. The number of hydrogen-bond donors (Lipinski definition) is 3. The van der Waals surface area contributed by atoms with E-state index in [-0.39, 0.29) is 18.7 Å². The lowest BCUT2D eigenvalue weighted by molar-refractivity contribution is 0.0899. The highest BCUT2D eigenvalue weighted by molar-refractivity contribution is 5.21. The minimum Gasteiger partial charge on any atom is -0.394 e. The molecule has 0 saturated carbocycles. The predicted octanol–water partition coefficient (Wildman–Crippen LogP) is 0.987. The Balaban J connectivity index is 2.23. The molecule has 0 radical (unpaired) electrons. The summed E-state index contributed by atoms with van der Waals surface area (Å²) in [6, 6.07) is 3.00. The molecule has 1 atom stereocenters. The van der Waals surface area contributed by atoms with Crippen molar-refractivity contribution in [3.63, 3.8) is 0 Å². The lowest BCUT2D eigenvalue weighted by atomic mass is 10.1. The Bertz CT molecular complexity index is 377. The number of hydrogen-bond acceptors (Lipinski definition) is 4. The molecule has 108 valence electrons. The van der Waals surface area contributed by atoms with Gasteiger partial charge in [0.2, 0.25) is 0 Å². The summed E-state index contributed by atoms with van der Waals surface area (Å²) < 4.78 is 31.3. The van der Waals surface area contributed by atoms with Crippen LogP contribution in [0.2, 0.25) is 0 Å². The molecule has 4 nitrogen and oxygen atoms in total. The summed E-state index contributed by atoms with van der Waals surface area (Å²) in [6.45, 7) is 1.51. The van der Waals surface area contributed by atoms with Crippen LogP contribution in [0.3, 0.4) is 0 Å². The molecule has 0 saturated heterocycles. The third-order valence-corrected chi connectivity index (χ3v) is 2.53. The average molecular weight is 275 g/mol. The van der Waals surface area contributed by atoms with E-state index >= 15 is 0 Å². The Kier molecular flexibility index (Phi) is 7.50. The van der Waals surface area contributed by atoms with Crippen molar-refractivity contribution in [2.45, 2.75) is 12.5 Å². The molecule has 1 aromatic rings. The highest BCUT2D eigenvalue weighted by atomic mass is 19.1. The fourth-order valence-corrected chi connectivity index (χ4v) is 1.58. The highest BCUT2D eigenvalue weighted by Crippen LogP contribution is 2.17. The van der Waals surface area contributed by atoms with Crippen molar-refractivity contribution in [1.29, 1.82) is 0 Å². The number of benzene rings is 1. The van der Waals surface area contributed by atoms with Gasteiger partial charge in [-0.2, -0.15) is 0 Å². The van der Waals surface area contributed by atoms with Gasteiger partial charge in [-0.05, 0) is 31.2 Å². The van der Waals surface area contributed by atoms with Gasteiger partial charge in [0.05, 0.1) is 19.3 Å². The van der Waals surface area contributed by atoms with E-state index in [0.717, 1.165) is 18.2 Å². The second-order valence-electron chi connectivity index (χ2n) is 4.08. The topological polar surface area (TPSA) is 61.7 Å². The Morgan fingerprint density at radius 3 is 2.79 bits per heavy atom. The Labute approximate surface area is 111 Å². The molecule has 0 bridgehead atoms. The number of halogens is 2. The molecule has 0 spiro atoms. The highest BCUT2D eigenvalue weighted by Gasteiger charge is 2.13. The van der Waals surface area contributed by atoms with Crippen molar-refractivity contribution >= 4 is 0 Å². The van der Waals surface area contributed by atoms with Gasteiger partial charge in [0.1, 0.15) is 11.6 Å². The summed E-state index contributed by atoms with van der Waals surface area (Å²) >= 11 is 0. The summed E-state index contributed by atoms with van der Waals surface area (Å²) in [4.78, 5) is 0. The van der Waals surface area contributed by atoms with Crippen LogP contribution in [0, 0.1) is 11.6 Å². The molecule has 0 aliphatic carbocycles. The van der Waals surface area contributed by atoms with Gasteiger partial charge in [0.25, 0.3) is 0 Å². The van der Waals surface area contributed by atoms with Gasteiger partial charge < -0.3 is 20.3 Å². The Morgan fingerprint density at radius 1 is 1.26 bits per heavy atom. The molecule has 3 N–H and O–H groups in total. The summed E-state index contributed by atoms with van der Waals surface area (Å²) in [7, 11) is 0. The third-order valence-electron chi connectivity index (χ3n) is 2.53. The first-order chi connectivity index (χ1) is 9.15. The van der Waals surface area contributed by atoms with E-state index in [1.165, 1.54) is 0 Å². The van der Waals surface area contributed by atoms with Crippen LogP contribution in [0.1, 0.15) is 18.1 Å². The molecule has 0 heterocycles. The summed E-state index contributed by atoms with van der Waals surface area (Å²) in [5.74, 6) is -1.20. The quantitative estimate of drug-likeness (QED) is 0.588. The molecule has 0 fully saturated rings. The lowest BCUT2D eigenvalue weighted by Crippen LogP contribution is -2.24. The van der Waals surface area contributed by atoms with Gasteiger partial charge in [-0.15, -0.1) is 0 Å². The van der Waals surface area contributed by atoms with Gasteiger partial charge in [0, 0.05) is 18.7 Å². The van der Waals surface area contributed by atoms with Crippen LogP contribution in [0.25, 0.3) is 0 Å². The average Bonchev–Trinajstić information content (AvgIpc) is 2.40. The van der Waals surface area contributed by atoms with Crippen molar-refractivity contribution < 1.29 is 23.7 Å². The largest absolute Gasteiger partial charge is 0.394 e. The number of ether oxygens (including phenoxy) is 1. The van der Waals surface area contributed by atoms with Crippen LogP contribution in [0.4, 0.5) is 8.78 Å². The molecule has 0 aromatic heterocycles. The SMILES string of the molecule is OCCOCCCNCC(O)c1cc(F)ccc1F. The zero-order valence-electron chi connectivity index (χ0n) is 10.6. The number of aliphatic hydroxyl groups excluding tert-OH is 2. The summed E-state index contributed by atoms with van der Waals surface area (Å²) in [6.07, 6.45) is -0.382. The van der Waals surface area contributed by atoms with E-state index in [1.807, 2.05) is 0 Å². The van der Waals surface area contributed by atoms with E-state index in [2.05, 4.69) is 5.32 Å². The van der Waals surface area contributed by atoms with Crippen molar-refractivity contribution in [1.82, 2.24) is 5.32 Å². The molecule has 1 aromatic carbocycles. The molecule has 19 heavy (non-hydrogen) atoms. The van der Waals surface area contributed by atoms with Crippen LogP contribution >= 0.6 is 0 Å². The maximum absolute atomic E-state index is 13.3. The second-order valence-corrected chi connectivity index (χ2v) is 4.08. The third kappa shape index (κ3) is 6.07. The van der Waals surface area contributed by atoms with E-state index in [1.54, 1.807) is 0 Å². The molecule has 0 aliphatic rings. The molecule has 1 unspecified atom stereocenters. The minimum absolute atomic E-state index is 0.00894. The van der Waals surface area contributed by atoms with Crippen LogP contribution in [-0.2, 0) is 4.74 Å². The molecule has 6 heteroatoms. The van der Waals surface area contributed by atoms with E-state index < -0.39 is 17.7 Å². The van der Waals surface area contributed by atoms with Gasteiger partial charge >= 0.3 is 0 Å². The van der Waals surface area contributed by atoms with Crippen molar-refractivity contribution in [3.8, 4) is 0 Å². The minimum atomic E-state index is -1.09. The smallest absolute Gasteiger partial charge is 0.129 e. The van der Waals surface area contributed by atoms with Crippen LogP contribution in [0.15, 0.2) is 18.2 Å². The van der Waals surface area contributed by atoms with E-state index in [0.29, 0.717) is 26.2 Å². The molecular weight excluding hydrogens is 256 g/mol. The van der Waals surface area contributed by atoms with Crippen LogP contribution in [0.5, 0.6) is 0 Å². The van der Waals surface area contributed by atoms with Crippen molar-refractivity contribution in [3.05, 3.63) is 35.4 Å². The standard InChI is InChI=1S/C13H19F2NO3/c14-10-2-3-12(15)11(8-10)13(18)9-16-4-1-6-19-7-5-17/h2-3,8,13,16-18H,1,4-7,9H2. The van der Waals surface area contributed by atoms with Crippen molar-refractivity contribution in [2.75, 3.05) is 32.9 Å². The maximum Gasteiger partial charge on any atom is 0.129 e. The van der Waals surface area contributed by atoms with E-state index in [4.69, 9.17) is 9.84 Å². The van der Waals surface area contributed by atoms with Crippen LogP contribution < -0.4 is 5.32 Å². The van der Waals surface area contributed by atoms with Gasteiger partial charge in [-0.1, -0.05) is 0 Å². The number of rotatable bonds is 9. The number of aliphatic hydroxyl groups is 2. The lowest BCUT2D eigenvalue weighted by Gasteiger charge is -2.13. The monoisotopic (exact) mass is 275 g/mol. The zero-order chi connectivity index (χ0) is 14.1. The van der Waals surface area contributed by atoms with Gasteiger partial charge in [-0.25, -0.2) is 8.78 Å². The number of nitrogens with one attached hydrogen (secondary N) is 1. The van der Waals surface area contributed by atoms with Crippen molar-refractivity contribution in [2.24, 2.45) is 0 Å². The van der Waals surface area contributed by atoms with Gasteiger partial charge in [0.15, 0.2) is 0 Å². The fourth-order valence-electron chi connectivity index (χ4n) is 1.58. The predicted molar refractivity (Wildman–Crippen MR) is 66.7 cm³/mol. The first-order valence-corrected chi connectivity index (χ1v) is 6.17. The second kappa shape index (κ2) is 8.92. The summed E-state index contributed by atoms with van der Waals surface area (Å²) in [5, 5.41) is 21.1. The fraction of sp³-hybridized carbons (Fsp3) is 0.538. The molecule has 0 amide bonds. The normalized spacial score (nSPS) is 12.6. The van der Waals surface area contributed by atoms with Crippen LogP contribution in [-0.4, -0.2) is 43.1 Å². The molecule has 1 rings (SSSR count). The molecule has 0 aliphatic heterocycles. The first-order valence-electron chi connectivity index (χ1n) is 6.17. The Morgan fingerprint density at radius 2 is 2.05 bits per heavy atom. The maximum atomic E-state index is 13.3. The molecular formula is C13H19F2NO3. The van der Waals surface area contributed by atoms with Gasteiger partial charge in [-0.3, -0.25) is 0 Å². The van der Waals surface area contributed by atoms with E-state index in [9.17, 15) is 13.9 Å².